The quantitative estimate of drug-likeness (QED) is 0.703. The van der Waals surface area contributed by atoms with Gasteiger partial charge in [0.15, 0.2) is 0 Å². The second-order valence-corrected chi connectivity index (χ2v) is 9.84. The van der Waals surface area contributed by atoms with E-state index in [1.54, 1.807) is 12.1 Å². The molecule has 152 valence electrons. The van der Waals surface area contributed by atoms with Crippen LogP contribution in [0.25, 0.3) is 0 Å². The molecule has 3 aliphatic heterocycles. The minimum absolute atomic E-state index is 0.0604. The third kappa shape index (κ3) is 2.45. The molecule has 3 heterocycles. The highest BCUT2D eigenvalue weighted by Gasteiger charge is 2.69. The Kier molecular flexibility index (Phi) is 4.15. The summed E-state index contributed by atoms with van der Waals surface area (Å²) in [6.07, 6.45) is 4.91. The lowest BCUT2D eigenvalue weighted by Crippen LogP contribution is -2.73. The molecule has 4 nitrogen and oxygen atoms in total. The van der Waals surface area contributed by atoms with E-state index in [2.05, 4.69) is 13.8 Å². The van der Waals surface area contributed by atoms with Gasteiger partial charge in [0, 0.05) is 30.4 Å². The topological polar surface area (TPSA) is 38.8 Å². The second-order valence-electron chi connectivity index (χ2n) is 9.84. The van der Waals surface area contributed by atoms with Crippen LogP contribution in [0.3, 0.4) is 0 Å². The van der Waals surface area contributed by atoms with E-state index in [-0.39, 0.29) is 35.2 Å². The van der Waals surface area contributed by atoms with E-state index in [1.165, 1.54) is 6.07 Å². The molecule has 1 aromatic rings. The largest absolute Gasteiger partial charge is 0.332 e. The summed E-state index contributed by atoms with van der Waals surface area (Å²) in [4.78, 5) is 27.8. The Morgan fingerprint density at radius 1 is 1.14 bits per heavy atom. The van der Waals surface area contributed by atoms with Crippen LogP contribution in [0.2, 0.25) is 0 Å². The van der Waals surface area contributed by atoms with Crippen molar-refractivity contribution < 1.29 is 19.0 Å². The molecule has 0 aromatic heterocycles. The highest BCUT2D eigenvalue weighted by molar-refractivity contribution is 5.81. The maximum atomic E-state index is 14.4. The van der Waals surface area contributed by atoms with E-state index in [0.717, 1.165) is 32.1 Å². The molecule has 1 aromatic carbocycles. The second kappa shape index (κ2) is 6.27. The number of nitrogens with zero attached hydrogens (tertiary/aromatic N) is 1. The lowest BCUT2D eigenvalue weighted by molar-refractivity contribution is -0.467. The zero-order valence-electron chi connectivity index (χ0n) is 17.0. The fraction of sp³-hybridized carbons (Fsp3) is 0.696. The van der Waals surface area contributed by atoms with Crippen molar-refractivity contribution in [1.29, 1.82) is 0 Å². The lowest BCUT2D eigenvalue weighted by Gasteiger charge is -2.62. The molecule has 5 fully saturated rings. The molecule has 6 rings (SSSR count). The number of amides is 1. The van der Waals surface area contributed by atoms with Gasteiger partial charge >= 0.3 is 0 Å². The van der Waals surface area contributed by atoms with Crippen LogP contribution in [0, 0.1) is 29.5 Å². The number of hydrogen-bond donors (Lipinski definition) is 0. The van der Waals surface area contributed by atoms with Gasteiger partial charge in [0.25, 0.3) is 0 Å². The fourth-order valence-corrected chi connectivity index (χ4v) is 6.73. The molecule has 3 saturated heterocycles. The summed E-state index contributed by atoms with van der Waals surface area (Å²) in [7, 11) is 0. The molecular formula is C23H30FNO3. The monoisotopic (exact) mass is 387 g/mol. The minimum atomic E-state index is -0.466. The SMILES string of the molecule is CC1C(=O)N(Cc2ccccc2F)C2C[C@]3(C)CCC4[C@H](C)CCC1[C@]42OO3. The van der Waals surface area contributed by atoms with E-state index in [0.29, 0.717) is 23.9 Å². The molecule has 28 heavy (non-hydrogen) atoms. The average molecular weight is 387 g/mol. The number of likely N-dealkylation sites (tertiary alicyclic amines) is 1. The molecule has 0 N–H and O–H groups in total. The number of benzene rings is 1. The standard InChI is InChI=1S/C23H30FNO3/c1-14-8-9-18-15(2)21(26)25(13-16-6-4-5-7-19(16)24)20-12-22(3)11-10-17(14)23(18,20)28-27-22/h4-7,14-15,17-18,20H,8-13H2,1-3H3/t14-,15?,17?,18?,20?,22+,23-/m1/s1. The summed E-state index contributed by atoms with van der Waals surface area (Å²) in [6.45, 7) is 6.75. The smallest absolute Gasteiger partial charge is 0.226 e. The van der Waals surface area contributed by atoms with Gasteiger partial charge < -0.3 is 4.90 Å². The molecule has 0 radical (unpaired) electrons. The first-order chi connectivity index (χ1) is 13.4. The van der Waals surface area contributed by atoms with Gasteiger partial charge in [-0.1, -0.05) is 32.0 Å². The average Bonchev–Trinajstić information content (AvgIpc) is 2.91. The van der Waals surface area contributed by atoms with E-state index >= 15 is 0 Å². The summed E-state index contributed by atoms with van der Waals surface area (Å²) in [5.41, 5.74) is -0.275. The van der Waals surface area contributed by atoms with Crippen LogP contribution in [0.15, 0.2) is 24.3 Å². The van der Waals surface area contributed by atoms with Crippen LogP contribution in [0.5, 0.6) is 0 Å². The highest BCUT2D eigenvalue weighted by Crippen LogP contribution is 2.61. The molecular weight excluding hydrogens is 357 g/mol. The zero-order chi connectivity index (χ0) is 19.7. The van der Waals surface area contributed by atoms with Crippen LogP contribution in [-0.4, -0.2) is 28.1 Å². The van der Waals surface area contributed by atoms with Crippen molar-refractivity contribution in [3.8, 4) is 0 Å². The van der Waals surface area contributed by atoms with Gasteiger partial charge in [0.1, 0.15) is 17.0 Å². The molecule has 1 amide bonds. The van der Waals surface area contributed by atoms with Crippen molar-refractivity contribution >= 4 is 5.91 Å². The van der Waals surface area contributed by atoms with Crippen molar-refractivity contribution in [3.63, 3.8) is 0 Å². The molecule has 2 saturated carbocycles. The van der Waals surface area contributed by atoms with Crippen LogP contribution in [-0.2, 0) is 21.1 Å². The molecule has 7 atom stereocenters. The Balaban J connectivity index is 1.62. The molecule has 5 heteroatoms. The summed E-state index contributed by atoms with van der Waals surface area (Å²) in [5, 5.41) is 0. The van der Waals surface area contributed by atoms with Crippen LogP contribution < -0.4 is 0 Å². The number of fused-ring (bicyclic) bond motifs is 2. The predicted octanol–water partition coefficient (Wildman–Crippen LogP) is 4.48. The van der Waals surface area contributed by atoms with Gasteiger partial charge in [-0.3, -0.25) is 4.79 Å². The van der Waals surface area contributed by atoms with Gasteiger partial charge in [-0.25, -0.2) is 14.2 Å². The van der Waals surface area contributed by atoms with E-state index in [4.69, 9.17) is 9.78 Å². The number of rotatable bonds is 2. The third-order valence-electron chi connectivity index (χ3n) is 8.25. The third-order valence-corrected chi connectivity index (χ3v) is 8.25. The van der Waals surface area contributed by atoms with E-state index in [1.807, 2.05) is 17.9 Å². The van der Waals surface area contributed by atoms with Gasteiger partial charge in [0.2, 0.25) is 5.91 Å². The minimum Gasteiger partial charge on any atom is -0.332 e. The Bertz CT molecular complexity index is 800. The van der Waals surface area contributed by atoms with Crippen molar-refractivity contribution in [1.82, 2.24) is 4.90 Å². The van der Waals surface area contributed by atoms with E-state index < -0.39 is 5.60 Å². The Morgan fingerprint density at radius 3 is 2.71 bits per heavy atom. The first-order valence-corrected chi connectivity index (χ1v) is 10.8. The molecule has 5 aliphatic rings. The van der Waals surface area contributed by atoms with Crippen molar-refractivity contribution in [2.24, 2.45) is 23.7 Å². The molecule has 1 spiro atoms. The summed E-state index contributed by atoms with van der Waals surface area (Å²) in [5.74, 6) is 0.836. The summed E-state index contributed by atoms with van der Waals surface area (Å²) in [6, 6.07) is 6.72. The highest BCUT2D eigenvalue weighted by atomic mass is 19.1. The number of carbonyl (C=O) groups excluding carboxylic acids is 1. The molecule has 2 aliphatic carbocycles. The van der Waals surface area contributed by atoms with Crippen molar-refractivity contribution in [2.75, 3.05) is 0 Å². The first kappa shape index (κ1) is 18.6. The van der Waals surface area contributed by atoms with Gasteiger partial charge in [-0.05, 0) is 50.5 Å². The Hall–Kier alpha value is -1.46. The fourth-order valence-electron chi connectivity index (χ4n) is 6.73. The summed E-state index contributed by atoms with van der Waals surface area (Å²) >= 11 is 0. The molecule has 2 bridgehead atoms. The maximum Gasteiger partial charge on any atom is 0.226 e. The normalized spacial score (nSPS) is 44.9. The Labute approximate surface area is 166 Å². The predicted molar refractivity (Wildman–Crippen MR) is 102 cm³/mol. The summed E-state index contributed by atoms with van der Waals surface area (Å²) < 4.78 is 14.4. The first-order valence-electron chi connectivity index (χ1n) is 10.8. The van der Waals surface area contributed by atoms with Gasteiger partial charge in [-0.15, -0.1) is 0 Å². The van der Waals surface area contributed by atoms with Gasteiger partial charge in [-0.2, -0.15) is 0 Å². The van der Waals surface area contributed by atoms with Crippen molar-refractivity contribution in [2.45, 2.75) is 76.7 Å². The van der Waals surface area contributed by atoms with Crippen LogP contribution in [0.1, 0.15) is 58.4 Å². The zero-order valence-corrected chi connectivity index (χ0v) is 17.0. The van der Waals surface area contributed by atoms with Crippen LogP contribution in [0.4, 0.5) is 4.39 Å². The maximum absolute atomic E-state index is 14.4. The van der Waals surface area contributed by atoms with Gasteiger partial charge in [0.05, 0.1) is 6.04 Å². The van der Waals surface area contributed by atoms with Crippen LogP contribution >= 0.6 is 0 Å². The Morgan fingerprint density at radius 2 is 1.93 bits per heavy atom. The number of hydrogen-bond acceptors (Lipinski definition) is 3. The molecule has 4 unspecified atom stereocenters. The number of halogens is 1. The van der Waals surface area contributed by atoms with E-state index in [9.17, 15) is 9.18 Å². The number of carbonyl (C=O) groups is 1. The number of piperidine rings is 1. The van der Waals surface area contributed by atoms with Crippen molar-refractivity contribution in [3.05, 3.63) is 35.6 Å². The lowest BCUT2D eigenvalue weighted by atomic mass is 9.55.